The van der Waals surface area contributed by atoms with Crippen molar-refractivity contribution in [1.82, 2.24) is 0 Å². The zero-order valence-electron chi connectivity index (χ0n) is 23.9. The molecule has 0 spiro atoms. The Kier molecular flexibility index (Phi) is 21.8. The fourth-order valence-corrected chi connectivity index (χ4v) is 3.12. The second-order valence-corrected chi connectivity index (χ2v) is 12.2. The third kappa shape index (κ3) is 29.7. The third-order valence-electron chi connectivity index (χ3n) is 5.66. The number of allylic oxidation sites excluding steroid dienone is 3. The van der Waals surface area contributed by atoms with Crippen LogP contribution < -0.4 is 0 Å². The van der Waals surface area contributed by atoms with Gasteiger partial charge in [-0.05, 0) is 73.5 Å². The van der Waals surface area contributed by atoms with E-state index in [0.29, 0.717) is 5.41 Å². The summed E-state index contributed by atoms with van der Waals surface area (Å²) in [5.74, 6) is 5.09. The van der Waals surface area contributed by atoms with E-state index in [2.05, 4.69) is 116 Å². The largest absolute Gasteiger partial charge is 0.100 e. The van der Waals surface area contributed by atoms with Gasteiger partial charge in [0.25, 0.3) is 0 Å². The molecule has 0 N–H and O–H groups in total. The van der Waals surface area contributed by atoms with Crippen molar-refractivity contribution in [2.24, 2.45) is 40.9 Å². The lowest BCUT2D eigenvalue weighted by Gasteiger charge is -2.21. The lowest BCUT2D eigenvalue weighted by atomic mass is 9.84. The molecule has 182 valence electrons. The summed E-state index contributed by atoms with van der Waals surface area (Å²) in [4.78, 5) is 0. The molecule has 0 aromatic carbocycles. The van der Waals surface area contributed by atoms with Crippen LogP contribution in [0.25, 0.3) is 0 Å². The Morgan fingerprint density at radius 3 is 1.47 bits per heavy atom. The van der Waals surface area contributed by atoms with Gasteiger partial charge in [0.1, 0.15) is 0 Å². The maximum atomic E-state index is 3.80. The van der Waals surface area contributed by atoms with Gasteiger partial charge in [-0.3, -0.25) is 0 Å². The van der Waals surface area contributed by atoms with Crippen LogP contribution in [0.1, 0.15) is 129 Å². The molecule has 0 aromatic heterocycles. The van der Waals surface area contributed by atoms with Gasteiger partial charge >= 0.3 is 0 Å². The summed E-state index contributed by atoms with van der Waals surface area (Å²) in [6.07, 6.45) is 11.2. The van der Waals surface area contributed by atoms with E-state index in [1.807, 2.05) is 0 Å². The van der Waals surface area contributed by atoms with Crippen LogP contribution in [0.3, 0.4) is 0 Å². The molecule has 0 nitrogen and oxygen atoms in total. The summed E-state index contributed by atoms with van der Waals surface area (Å²) in [5.41, 5.74) is 1.80. The predicted molar refractivity (Wildman–Crippen MR) is 144 cm³/mol. The van der Waals surface area contributed by atoms with Gasteiger partial charge in [-0.1, -0.05) is 114 Å². The Hall–Kier alpha value is -0.520. The fraction of sp³-hybridized carbons (Fsp3) is 0.867. The first kappa shape index (κ1) is 34.1. The third-order valence-corrected chi connectivity index (χ3v) is 5.66. The molecule has 0 saturated carbocycles. The zero-order valence-corrected chi connectivity index (χ0v) is 23.9. The second kappa shape index (κ2) is 19.2. The quantitative estimate of drug-likeness (QED) is 0.373. The van der Waals surface area contributed by atoms with Crippen LogP contribution in [0, 0.1) is 40.9 Å². The second-order valence-electron chi connectivity index (χ2n) is 12.2. The van der Waals surface area contributed by atoms with Crippen molar-refractivity contribution >= 4 is 0 Å². The highest BCUT2D eigenvalue weighted by Gasteiger charge is 2.18. The van der Waals surface area contributed by atoms with E-state index >= 15 is 0 Å². The summed E-state index contributed by atoms with van der Waals surface area (Å²) in [5, 5.41) is 0. The molecule has 0 bridgehead atoms. The van der Waals surface area contributed by atoms with Crippen LogP contribution >= 0.6 is 0 Å². The van der Waals surface area contributed by atoms with Gasteiger partial charge < -0.3 is 0 Å². The topological polar surface area (TPSA) is 0 Å². The predicted octanol–water partition coefficient (Wildman–Crippen LogP) is 11.0. The molecule has 0 aromatic rings. The van der Waals surface area contributed by atoms with Crippen LogP contribution in [0.4, 0.5) is 0 Å². The van der Waals surface area contributed by atoms with Crippen LogP contribution in [0.15, 0.2) is 24.3 Å². The van der Waals surface area contributed by atoms with E-state index in [-0.39, 0.29) is 0 Å². The number of rotatable bonds is 6. The van der Waals surface area contributed by atoms with Gasteiger partial charge in [0, 0.05) is 0 Å². The van der Waals surface area contributed by atoms with Crippen molar-refractivity contribution in [1.29, 1.82) is 0 Å². The van der Waals surface area contributed by atoms with Crippen molar-refractivity contribution < 1.29 is 0 Å². The lowest BCUT2D eigenvalue weighted by Crippen LogP contribution is -2.10. The lowest BCUT2D eigenvalue weighted by molar-refractivity contribution is 0.316. The monoisotopic (exact) mass is 422 g/mol. The molecule has 30 heavy (non-hydrogen) atoms. The summed E-state index contributed by atoms with van der Waals surface area (Å²) >= 11 is 0. The molecule has 1 atom stereocenters. The maximum Gasteiger partial charge on any atom is -0.0226 e. The standard InChI is InChI=1S/C10H18.C8H18.C7H14.C5H12/c1-10(2,3)8-9-6-4-5-7-9;1-6(2)8(5)7(3)4;1-6(2)5-7(3)4;1-4-5(2)3/h4,6,9H,5,7-8H2,1-3H3;6-8H,1-5H3;7H,1,5H2,2-4H3;5H,4H2,1-3H3. The minimum atomic E-state index is 0.513. The minimum absolute atomic E-state index is 0.513. The SMILES string of the molecule is C=C(C)CC(C)C.CC(C)(C)CC1C=CCC1.CC(C)C(C)C(C)C.CCC(C)C. The Morgan fingerprint density at radius 2 is 1.33 bits per heavy atom. The molecule has 0 amide bonds. The molecular weight excluding hydrogens is 360 g/mol. The summed E-state index contributed by atoms with van der Waals surface area (Å²) in [7, 11) is 0. The Morgan fingerprint density at radius 1 is 0.900 bits per heavy atom. The molecule has 0 fully saturated rings. The molecule has 0 heteroatoms. The number of hydrogen-bond donors (Lipinski definition) is 0. The Bertz CT molecular complexity index is 392. The molecule has 0 aliphatic heterocycles. The van der Waals surface area contributed by atoms with Gasteiger partial charge in [0.2, 0.25) is 0 Å². The van der Waals surface area contributed by atoms with Crippen LogP contribution in [0.5, 0.6) is 0 Å². The molecule has 1 aliphatic carbocycles. The van der Waals surface area contributed by atoms with E-state index in [0.717, 1.165) is 35.5 Å². The highest BCUT2D eigenvalue weighted by atomic mass is 14.2. The Balaban J connectivity index is -0.000000335. The number of hydrogen-bond acceptors (Lipinski definition) is 0. The first-order valence-electron chi connectivity index (χ1n) is 12.8. The van der Waals surface area contributed by atoms with Gasteiger partial charge in [-0.2, -0.15) is 0 Å². The molecular formula is C30H62. The average Bonchev–Trinajstić information content (AvgIpc) is 3.05. The van der Waals surface area contributed by atoms with E-state index in [1.165, 1.54) is 37.7 Å². The van der Waals surface area contributed by atoms with Crippen molar-refractivity contribution in [3.05, 3.63) is 24.3 Å². The Labute approximate surface area is 194 Å². The first-order valence-corrected chi connectivity index (χ1v) is 12.8. The normalized spacial score (nSPS) is 15.6. The summed E-state index contributed by atoms with van der Waals surface area (Å²) < 4.78 is 0. The molecule has 0 saturated heterocycles. The molecule has 0 heterocycles. The van der Waals surface area contributed by atoms with E-state index in [1.54, 1.807) is 0 Å². The summed E-state index contributed by atoms with van der Waals surface area (Å²) in [6.45, 7) is 35.3. The fourth-order valence-electron chi connectivity index (χ4n) is 3.12. The average molecular weight is 423 g/mol. The van der Waals surface area contributed by atoms with Gasteiger partial charge in [0.15, 0.2) is 0 Å². The van der Waals surface area contributed by atoms with Gasteiger partial charge in [0.05, 0.1) is 0 Å². The zero-order chi connectivity index (χ0) is 24.5. The first-order chi connectivity index (χ1) is 13.5. The highest BCUT2D eigenvalue weighted by molar-refractivity contribution is 4.97. The summed E-state index contributed by atoms with van der Waals surface area (Å²) in [6, 6.07) is 0. The minimum Gasteiger partial charge on any atom is -0.100 e. The molecule has 1 unspecified atom stereocenters. The van der Waals surface area contributed by atoms with E-state index in [9.17, 15) is 0 Å². The maximum absolute atomic E-state index is 3.80. The van der Waals surface area contributed by atoms with Gasteiger partial charge in [-0.25, -0.2) is 0 Å². The van der Waals surface area contributed by atoms with Crippen LogP contribution in [0.2, 0.25) is 0 Å². The van der Waals surface area contributed by atoms with Crippen molar-refractivity contribution in [2.45, 2.75) is 129 Å². The van der Waals surface area contributed by atoms with Crippen LogP contribution in [-0.2, 0) is 0 Å². The van der Waals surface area contributed by atoms with Crippen molar-refractivity contribution in [3.63, 3.8) is 0 Å². The van der Waals surface area contributed by atoms with Crippen molar-refractivity contribution in [2.75, 3.05) is 0 Å². The molecule has 1 rings (SSSR count). The molecule has 0 radical (unpaired) electrons. The van der Waals surface area contributed by atoms with Gasteiger partial charge in [-0.15, -0.1) is 6.58 Å². The van der Waals surface area contributed by atoms with E-state index < -0.39 is 0 Å². The van der Waals surface area contributed by atoms with E-state index in [4.69, 9.17) is 0 Å². The van der Waals surface area contributed by atoms with Crippen LogP contribution in [-0.4, -0.2) is 0 Å². The van der Waals surface area contributed by atoms with Crippen molar-refractivity contribution in [3.8, 4) is 0 Å². The highest BCUT2D eigenvalue weighted by Crippen LogP contribution is 2.30. The molecule has 1 aliphatic rings. The smallest absolute Gasteiger partial charge is 0.0226 e.